The molecule has 4 amide bonds. The highest BCUT2D eigenvalue weighted by atomic mass is 16.2. The quantitative estimate of drug-likeness (QED) is 0.683. The average Bonchev–Trinajstić information content (AvgIpc) is 2.55. The Bertz CT molecular complexity index is 849. The SMILES string of the molecule is Cc1ccc(/C=C2\C(=O)NC(=O)N(c3ccc(C)cc3)C2=O)cc1. The molecule has 0 unspecified atom stereocenters. The second-order valence-electron chi connectivity index (χ2n) is 5.70. The van der Waals surface area contributed by atoms with Gasteiger partial charge < -0.3 is 0 Å². The largest absolute Gasteiger partial charge is 0.335 e. The molecule has 5 nitrogen and oxygen atoms in total. The number of aryl methyl sites for hydroxylation is 2. The highest BCUT2D eigenvalue weighted by Gasteiger charge is 2.36. The summed E-state index contributed by atoms with van der Waals surface area (Å²) in [5, 5.41) is 2.21. The molecule has 0 radical (unpaired) electrons. The van der Waals surface area contributed by atoms with Crippen molar-refractivity contribution in [2.75, 3.05) is 4.90 Å². The molecule has 1 aliphatic heterocycles. The van der Waals surface area contributed by atoms with E-state index in [2.05, 4.69) is 5.32 Å². The molecule has 1 aliphatic rings. The Morgan fingerprint density at radius 1 is 0.833 bits per heavy atom. The van der Waals surface area contributed by atoms with Crippen molar-refractivity contribution in [1.82, 2.24) is 5.32 Å². The van der Waals surface area contributed by atoms with Gasteiger partial charge in [0.05, 0.1) is 5.69 Å². The van der Waals surface area contributed by atoms with Gasteiger partial charge in [-0.2, -0.15) is 0 Å². The average molecular weight is 320 g/mol. The molecule has 0 aliphatic carbocycles. The van der Waals surface area contributed by atoms with Gasteiger partial charge in [-0.3, -0.25) is 14.9 Å². The summed E-state index contributed by atoms with van der Waals surface area (Å²) in [6, 6.07) is 13.6. The van der Waals surface area contributed by atoms with Crippen LogP contribution in [0.1, 0.15) is 16.7 Å². The molecule has 2 aromatic carbocycles. The Kier molecular flexibility index (Phi) is 4.00. The summed E-state index contributed by atoms with van der Waals surface area (Å²) in [6.45, 7) is 3.86. The van der Waals surface area contributed by atoms with Crippen LogP contribution in [0.3, 0.4) is 0 Å². The molecule has 0 saturated carbocycles. The van der Waals surface area contributed by atoms with E-state index in [1.807, 2.05) is 38.1 Å². The minimum Gasteiger partial charge on any atom is -0.273 e. The van der Waals surface area contributed by atoms with Gasteiger partial charge in [-0.15, -0.1) is 0 Å². The summed E-state index contributed by atoms with van der Waals surface area (Å²) in [7, 11) is 0. The topological polar surface area (TPSA) is 66.5 Å². The third-order valence-corrected chi connectivity index (χ3v) is 3.78. The van der Waals surface area contributed by atoms with E-state index in [1.54, 1.807) is 24.3 Å². The molecular formula is C19H16N2O3. The molecule has 120 valence electrons. The van der Waals surface area contributed by atoms with Crippen LogP contribution in [0.5, 0.6) is 0 Å². The van der Waals surface area contributed by atoms with E-state index in [-0.39, 0.29) is 5.57 Å². The first-order valence-corrected chi connectivity index (χ1v) is 7.50. The van der Waals surface area contributed by atoms with E-state index in [0.717, 1.165) is 21.6 Å². The van der Waals surface area contributed by atoms with Crippen LogP contribution in [0.2, 0.25) is 0 Å². The molecule has 0 spiro atoms. The number of hydrogen-bond donors (Lipinski definition) is 1. The van der Waals surface area contributed by atoms with E-state index in [1.165, 1.54) is 6.08 Å². The van der Waals surface area contributed by atoms with Crippen molar-refractivity contribution < 1.29 is 14.4 Å². The molecule has 1 saturated heterocycles. The normalized spacial score (nSPS) is 16.5. The monoisotopic (exact) mass is 320 g/mol. The number of rotatable bonds is 2. The van der Waals surface area contributed by atoms with E-state index >= 15 is 0 Å². The van der Waals surface area contributed by atoms with Crippen molar-refractivity contribution in [3.8, 4) is 0 Å². The van der Waals surface area contributed by atoms with Gasteiger partial charge in [0.15, 0.2) is 0 Å². The van der Waals surface area contributed by atoms with Crippen LogP contribution in [-0.2, 0) is 9.59 Å². The minimum atomic E-state index is -0.741. The third kappa shape index (κ3) is 2.96. The van der Waals surface area contributed by atoms with Crippen LogP contribution in [0, 0.1) is 13.8 Å². The zero-order chi connectivity index (χ0) is 17.3. The molecule has 0 bridgehead atoms. The lowest BCUT2D eigenvalue weighted by molar-refractivity contribution is -0.122. The highest BCUT2D eigenvalue weighted by Crippen LogP contribution is 2.22. The van der Waals surface area contributed by atoms with Gasteiger partial charge in [-0.25, -0.2) is 9.69 Å². The summed E-state index contributed by atoms with van der Waals surface area (Å²) in [4.78, 5) is 37.8. The van der Waals surface area contributed by atoms with Crippen molar-refractivity contribution >= 4 is 29.6 Å². The molecule has 5 heteroatoms. The van der Waals surface area contributed by atoms with Crippen LogP contribution < -0.4 is 10.2 Å². The molecule has 1 fully saturated rings. The Morgan fingerprint density at radius 3 is 1.96 bits per heavy atom. The van der Waals surface area contributed by atoms with E-state index < -0.39 is 17.8 Å². The zero-order valence-corrected chi connectivity index (χ0v) is 13.4. The summed E-state index contributed by atoms with van der Waals surface area (Å²) < 4.78 is 0. The van der Waals surface area contributed by atoms with Crippen LogP contribution in [0.4, 0.5) is 10.5 Å². The Morgan fingerprint density at radius 2 is 1.38 bits per heavy atom. The molecule has 24 heavy (non-hydrogen) atoms. The fraction of sp³-hybridized carbons (Fsp3) is 0.105. The fourth-order valence-electron chi connectivity index (χ4n) is 2.42. The van der Waals surface area contributed by atoms with Crippen LogP contribution in [-0.4, -0.2) is 17.8 Å². The number of carbonyl (C=O) groups excluding carboxylic acids is 3. The maximum absolute atomic E-state index is 12.7. The summed E-state index contributed by atoms with van der Waals surface area (Å²) in [5.41, 5.74) is 3.16. The second-order valence-corrected chi connectivity index (χ2v) is 5.70. The molecule has 3 rings (SSSR count). The van der Waals surface area contributed by atoms with E-state index in [9.17, 15) is 14.4 Å². The van der Waals surface area contributed by atoms with E-state index in [0.29, 0.717) is 5.69 Å². The molecule has 1 N–H and O–H groups in total. The summed E-state index contributed by atoms with van der Waals surface area (Å²) in [5.74, 6) is -1.32. The van der Waals surface area contributed by atoms with Crippen LogP contribution in [0.25, 0.3) is 6.08 Å². The number of urea groups is 1. The van der Waals surface area contributed by atoms with Crippen LogP contribution in [0.15, 0.2) is 54.1 Å². The lowest BCUT2D eigenvalue weighted by atomic mass is 10.1. The highest BCUT2D eigenvalue weighted by molar-refractivity contribution is 6.39. The number of benzene rings is 2. The molecule has 2 aromatic rings. The molecule has 1 heterocycles. The predicted octanol–water partition coefficient (Wildman–Crippen LogP) is 2.97. The number of imide groups is 2. The van der Waals surface area contributed by atoms with Gasteiger partial charge in [-0.05, 0) is 37.6 Å². The van der Waals surface area contributed by atoms with Gasteiger partial charge in [0, 0.05) is 0 Å². The van der Waals surface area contributed by atoms with Crippen LogP contribution >= 0.6 is 0 Å². The first-order valence-electron chi connectivity index (χ1n) is 7.50. The zero-order valence-electron chi connectivity index (χ0n) is 13.4. The Balaban J connectivity index is 1.99. The molecule has 0 atom stereocenters. The number of amides is 4. The number of nitrogens with zero attached hydrogens (tertiary/aromatic N) is 1. The smallest absolute Gasteiger partial charge is 0.273 e. The summed E-state index contributed by atoms with van der Waals surface area (Å²) in [6.07, 6.45) is 1.49. The van der Waals surface area contributed by atoms with Crippen molar-refractivity contribution in [3.05, 3.63) is 70.8 Å². The van der Waals surface area contributed by atoms with Gasteiger partial charge in [0.2, 0.25) is 0 Å². The maximum Gasteiger partial charge on any atom is 0.335 e. The number of barbiturate groups is 1. The maximum atomic E-state index is 12.7. The van der Waals surface area contributed by atoms with Gasteiger partial charge in [-0.1, -0.05) is 47.5 Å². The lowest BCUT2D eigenvalue weighted by Gasteiger charge is -2.26. The van der Waals surface area contributed by atoms with Gasteiger partial charge in [0.1, 0.15) is 5.57 Å². The molecule has 0 aromatic heterocycles. The van der Waals surface area contributed by atoms with Crippen molar-refractivity contribution in [1.29, 1.82) is 0 Å². The number of anilines is 1. The Hall–Kier alpha value is -3.21. The standard InChI is InChI=1S/C19H16N2O3/c1-12-3-7-14(8-4-12)11-16-17(22)20-19(24)21(18(16)23)15-9-5-13(2)6-10-15/h3-11H,1-2H3,(H,20,22,24)/b16-11+. The number of nitrogens with one attached hydrogen (secondary N) is 1. The first kappa shape index (κ1) is 15.7. The van der Waals surface area contributed by atoms with Gasteiger partial charge in [0.25, 0.3) is 11.8 Å². The van der Waals surface area contributed by atoms with E-state index in [4.69, 9.17) is 0 Å². The first-order chi connectivity index (χ1) is 11.5. The second kappa shape index (κ2) is 6.12. The number of carbonyl (C=O) groups is 3. The van der Waals surface area contributed by atoms with Crippen molar-refractivity contribution in [2.24, 2.45) is 0 Å². The van der Waals surface area contributed by atoms with Crippen molar-refractivity contribution in [3.63, 3.8) is 0 Å². The fourth-order valence-corrected chi connectivity index (χ4v) is 2.42. The predicted molar refractivity (Wildman–Crippen MR) is 91.4 cm³/mol. The Labute approximate surface area is 139 Å². The lowest BCUT2D eigenvalue weighted by Crippen LogP contribution is -2.54. The van der Waals surface area contributed by atoms with Gasteiger partial charge >= 0.3 is 6.03 Å². The molecular weight excluding hydrogens is 304 g/mol. The minimum absolute atomic E-state index is 0.0703. The number of hydrogen-bond acceptors (Lipinski definition) is 3. The summed E-state index contributed by atoms with van der Waals surface area (Å²) >= 11 is 0. The third-order valence-electron chi connectivity index (χ3n) is 3.78. The van der Waals surface area contributed by atoms with Crippen molar-refractivity contribution in [2.45, 2.75) is 13.8 Å².